The Morgan fingerprint density at radius 3 is 2.53 bits per heavy atom. The standard InChI is InChI=1S/C21H25ClN6O3S/c1-27(2)32(30,31)26-21(24-14-23-15-29)28-13-12-19(16-6-4-3-5-7-16)20(25-28)17-8-10-18(22)11-9-17/h3-11,15,19H,12-14H2,1-2H3,(H,23,29)(H,24,26). The van der Waals surface area contributed by atoms with Crippen molar-refractivity contribution in [3.05, 3.63) is 70.7 Å². The largest absolute Gasteiger partial charge is 0.339 e. The van der Waals surface area contributed by atoms with Gasteiger partial charge >= 0.3 is 10.2 Å². The summed E-state index contributed by atoms with van der Waals surface area (Å²) >= 11 is 6.07. The summed E-state index contributed by atoms with van der Waals surface area (Å²) in [6.07, 6.45) is 1.17. The zero-order valence-corrected chi connectivity index (χ0v) is 19.3. The first kappa shape index (κ1) is 23.7. The van der Waals surface area contributed by atoms with Crippen molar-refractivity contribution in [2.75, 3.05) is 27.3 Å². The zero-order chi connectivity index (χ0) is 23.1. The van der Waals surface area contributed by atoms with Crippen LogP contribution >= 0.6 is 11.6 Å². The Morgan fingerprint density at radius 1 is 1.22 bits per heavy atom. The number of hydrogen-bond acceptors (Lipinski definition) is 5. The van der Waals surface area contributed by atoms with Crippen LogP contribution in [-0.2, 0) is 15.0 Å². The summed E-state index contributed by atoms with van der Waals surface area (Å²) in [6.45, 7) is 0.325. The number of halogens is 1. The predicted octanol–water partition coefficient (Wildman–Crippen LogP) is 1.99. The van der Waals surface area contributed by atoms with E-state index >= 15 is 0 Å². The number of guanidine groups is 1. The van der Waals surface area contributed by atoms with Crippen LogP contribution in [-0.4, -0.2) is 63.1 Å². The minimum Gasteiger partial charge on any atom is -0.339 e. The molecule has 0 fully saturated rings. The molecular weight excluding hydrogens is 452 g/mol. The van der Waals surface area contributed by atoms with E-state index in [2.05, 4.69) is 15.0 Å². The third-order valence-electron chi connectivity index (χ3n) is 4.88. The second-order valence-electron chi connectivity index (χ2n) is 7.22. The summed E-state index contributed by atoms with van der Waals surface area (Å²) in [5, 5.41) is 9.31. The zero-order valence-electron chi connectivity index (χ0n) is 17.8. The molecule has 1 aliphatic heterocycles. The van der Waals surface area contributed by atoms with Crippen molar-refractivity contribution in [3.8, 4) is 0 Å². The van der Waals surface area contributed by atoms with E-state index in [1.807, 2.05) is 42.5 Å². The first-order valence-corrected chi connectivity index (χ1v) is 11.7. The van der Waals surface area contributed by atoms with Crippen LogP contribution in [0.5, 0.6) is 0 Å². The minimum absolute atomic E-state index is 0.00781. The summed E-state index contributed by atoms with van der Waals surface area (Å²) in [7, 11) is -1.01. The van der Waals surface area contributed by atoms with Crippen LogP contribution in [0, 0.1) is 0 Å². The smallest absolute Gasteiger partial charge is 0.303 e. The summed E-state index contributed by atoms with van der Waals surface area (Å²) in [5.41, 5.74) is 2.74. The fraction of sp³-hybridized carbons (Fsp3) is 0.286. The van der Waals surface area contributed by atoms with Gasteiger partial charge in [0.2, 0.25) is 12.4 Å². The van der Waals surface area contributed by atoms with Crippen LogP contribution in [0.4, 0.5) is 0 Å². The summed E-state index contributed by atoms with van der Waals surface area (Å²) in [4.78, 5) is 14.8. The Bertz CT molecular complexity index is 1090. The molecule has 0 bridgehead atoms. The Balaban J connectivity index is 2.03. The molecule has 0 spiro atoms. The number of aliphatic imine (C=N–C) groups is 1. The van der Waals surface area contributed by atoms with Crippen molar-refractivity contribution in [3.63, 3.8) is 0 Å². The van der Waals surface area contributed by atoms with Gasteiger partial charge in [-0.05, 0) is 29.7 Å². The van der Waals surface area contributed by atoms with Crippen LogP contribution in [0.1, 0.15) is 23.5 Å². The Labute approximate surface area is 193 Å². The van der Waals surface area contributed by atoms with Crippen molar-refractivity contribution in [1.82, 2.24) is 19.4 Å². The fourth-order valence-corrected chi connectivity index (χ4v) is 3.92. The van der Waals surface area contributed by atoms with Gasteiger partial charge in [-0.25, -0.2) is 14.7 Å². The van der Waals surface area contributed by atoms with Crippen molar-refractivity contribution in [2.24, 2.45) is 10.1 Å². The van der Waals surface area contributed by atoms with Gasteiger partial charge in [-0.2, -0.15) is 17.8 Å². The maximum absolute atomic E-state index is 12.4. The van der Waals surface area contributed by atoms with Crippen molar-refractivity contribution in [1.29, 1.82) is 0 Å². The number of hydrazone groups is 1. The van der Waals surface area contributed by atoms with E-state index in [0.29, 0.717) is 24.4 Å². The second-order valence-corrected chi connectivity index (χ2v) is 9.54. The van der Waals surface area contributed by atoms with E-state index in [1.165, 1.54) is 19.1 Å². The highest BCUT2D eigenvalue weighted by molar-refractivity contribution is 7.87. The van der Waals surface area contributed by atoms with Crippen LogP contribution in [0.25, 0.3) is 0 Å². The van der Waals surface area contributed by atoms with Gasteiger partial charge < -0.3 is 5.32 Å². The molecule has 0 radical (unpaired) electrons. The molecule has 0 aliphatic carbocycles. The van der Waals surface area contributed by atoms with Gasteiger partial charge in [0.15, 0.2) is 0 Å². The van der Waals surface area contributed by atoms with Gasteiger partial charge in [-0.15, -0.1) is 0 Å². The van der Waals surface area contributed by atoms with E-state index < -0.39 is 10.2 Å². The lowest BCUT2D eigenvalue weighted by molar-refractivity contribution is -0.109. The SMILES string of the molecule is CN(C)S(=O)(=O)N/C(=N/CNC=O)N1CCC(c2ccccc2)C(c2ccc(Cl)cc2)=N1. The fourth-order valence-electron chi connectivity index (χ4n) is 3.21. The topological polar surface area (TPSA) is 106 Å². The van der Waals surface area contributed by atoms with Gasteiger partial charge in [-0.3, -0.25) is 4.79 Å². The third-order valence-corrected chi connectivity index (χ3v) is 6.53. The molecular formula is C21H25ClN6O3S. The predicted molar refractivity (Wildman–Crippen MR) is 126 cm³/mol. The minimum atomic E-state index is -3.83. The van der Waals surface area contributed by atoms with Gasteiger partial charge in [0, 0.05) is 31.6 Å². The Kier molecular flexibility index (Phi) is 7.84. The van der Waals surface area contributed by atoms with Crippen LogP contribution in [0.3, 0.4) is 0 Å². The number of benzene rings is 2. The highest BCUT2D eigenvalue weighted by Crippen LogP contribution is 2.30. The normalized spacial score (nSPS) is 17.1. The molecule has 2 aromatic rings. The van der Waals surface area contributed by atoms with Crippen molar-refractivity contribution >= 4 is 39.9 Å². The number of amides is 1. The molecule has 3 rings (SSSR count). The lowest BCUT2D eigenvalue weighted by Gasteiger charge is -2.32. The molecule has 9 nitrogen and oxygen atoms in total. The molecule has 2 N–H and O–H groups in total. The Morgan fingerprint density at radius 2 is 1.91 bits per heavy atom. The maximum Gasteiger partial charge on any atom is 0.303 e. The van der Waals surface area contributed by atoms with E-state index in [0.717, 1.165) is 21.1 Å². The number of hydrogen-bond donors (Lipinski definition) is 2. The molecule has 1 heterocycles. The van der Waals surface area contributed by atoms with E-state index in [1.54, 1.807) is 12.1 Å². The molecule has 1 amide bonds. The first-order valence-electron chi connectivity index (χ1n) is 9.90. The van der Waals surface area contributed by atoms with E-state index in [4.69, 9.17) is 16.7 Å². The quantitative estimate of drug-likeness (QED) is 0.276. The highest BCUT2D eigenvalue weighted by atomic mass is 35.5. The number of carbonyl (C=O) groups is 1. The second kappa shape index (κ2) is 10.6. The van der Waals surface area contributed by atoms with E-state index in [-0.39, 0.29) is 18.5 Å². The summed E-state index contributed by atoms with van der Waals surface area (Å²) in [5.74, 6) is 0.0273. The van der Waals surface area contributed by atoms with Crippen LogP contribution < -0.4 is 10.0 Å². The first-order chi connectivity index (χ1) is 15.3. The van der Waals surface area contributed by atoms with Crippen molar-refractivity contribution in [2.45, 2.75) is 12.3 Å². The number of rotatable bonds is 7. The average molecular weight is 477 g/mol. The average Bonchev–Trinajstić information content (AvgIpc) is 2.79. The molecule has 170 valence electrons. The molecule has 0 aromatic heterocycles. The van der Waals surface area contributed by atoms with Crippen LogP contribution in [0.2, 0.25) is 5.02 Å². The Hall–Kier alpha value is -2.95. The van der Waals surface area contributed by atoms with Gasteiger partial charge in [0.1, 0.15) is 6.67 Å². The molecule has 11 heteroatoms. The van der Waals surface area contributed by atoms with E-state index in [9.17, 15) is 13.2 Å². The van der Waals surface area contributed by atoms with Crippen molar-refractivity contribution < 1.29 is 13.2 Å². The number of carbonyl (C=O) groups excluding carboxylic acids is 1. The molecule has 2 aromatic carbocycles. The molecule has 0 saturated carbocycles. The van der Waals surface area contributed by atoms with Gasteiger partial charge in [0.05, 0.1) is 5.71 Å². The number of nitrogens with zero attached hydrogens (tertiary/aromatic N) is 4. The number of nitrogens with one attached hydrogen (secondary N) is 2. The van der Waals surface area contributed by atoms with Gasteiger partial charge in [-0.1, -0.05) is 54.1 Å². The summed E-state index contributed by atoms with van der Waals surface area (Å²) in [6, 6.07) is 17.3. The monoisotopic (exact) mass is 476 g/mol. The lowest BCUT2D eigenvalue weighted by Crippen LogP contribution is -2.48. The molecule has 0 saturated heterocycles. The molecule has 32 heavy (non-hydrogen) atoms. The molecule has 1 atom stereocenters. The maximum atomic E-state index is 12.4. The molecule has 1 unspecified atom stereocenters. The van der Waals surface area contributed by atoms with Gasteiger partial charge in [0.25, 0.3) is 0 Å². The summed E-state index contributed by atoms with van der Waals surface area (Å²) < 4.78 is 28.4. The van der Waals surface area contributed by atoms with Crippen LogP contribution in [0.15, 0.2) is 64.7 Å². The molecule has 1 aliphatic rings. The lowest BCUT2D eigenvalue weighted by atomic mass is 9.86. The highest BCUT2D eigenvalue weighted by Gasteiger charge is 2.29. The third kappa shape index (κ3) is 5.84.